The molecule has 1 aliphatic heterocycles. The third-order valence-electron chi connectivity index (χ3n) is 3.14. The number of nitrogens with zero attached hydrogens (tertiary/aromatic N) is 1. The first-order valence-corrected chi connectivity index (χ1v) is 7.95. The van der Waals surface area contributed by atoms with Crippen LogP contribution in [-0.2, 0) is 20.8 Å². The summed E-state index contributed by atoms with van der Waals surface area (Å²) in [5.41, 5.74) is 1.29. The second-order valence-corrected chi connectivity index (χ2v) is 6.51. The van der Waals surface area contributed by atoms with Crippen LogP contribution in [0.3, 0.4) is 0 Å². The van der Waals surface area contributed by atoms with E-state index in [2.05, 4.69) is 17.0 Å². The van der Waals surface area contributed by atoms with Gasteiger partial charge in [0.25, 0.3) is 10.1 Å². The summed E-state index contributed by atoms with van der Waals surface area (Å²) in [6.45, 7) is 3.15. The van der Waals surface area contributed by atoms with E-state index in [0.717, 1.165) is 32.3 Å². The summed E-state index contributed by atoms with van der Waals surface area (Å²) in [6, 6.07) is 10.3. The molecule has 2 rings (SSSR count). The first-order valence-electron chi connectivity index (χ1n) is 6.13. The molecule has 5 heteroatoms. The zero-order valence-electron chi connectivity index (χ0n) is 10.6. The third-order valence-corrected chi connectivity index (χ3v) is 3.70. The minimum absolute atomic E-state index is 0.310. The first kappa shape index (κ1) is 13.5. The Labute approximate surface area is 109 Å². The van der Waals surface area contributed by atoms with E-state index in [4.69, 9.17) is 4.18 Å². The van der Waals surface area contributed by atoms with Crippen LogP contribution in [0.5, 0.6) is 0 Å². The van der Waals surface area contributed by atoms with E-state index in [-0.39, 0.29) is 0 Å². The molecule has 100 valence electrons. The van der Waals surface area contributed by atoms with Gasteiger partial charge in [-0.3, -0.25) is 9.08 Å². The normalized spacial score (nSPS) is 21.3. The van der Waals surface area contributed by atoms with Crippen molar-refractivity contribution in [3.8, 4) is 0 Å². The molecule has 0 saturated carbocycles. The Morgan fingerprint density at radius 2 is 2.06 bits per heavy atom. The summed E-state index contributed by atoms with van der Waals surface area (Å²) in [6.07, 6.45) is 2.10. The van der Waals surface area contributed by atoms with Crippen LogP contribution in [0.25, 0.3) is 0 Å². The highest BCUT2D eigenvalue weighted by Gasteiger charge is 2.23. The van der Waals surface area contributed by atoms with Gasteiger partial charge in [0.1, 0.15) is 0 Å². The molecule has 0 aromatic heterocycles. The summed E-state index contributed by atoms with van der Waals surface area (Å²) in [7, 11) is -3.31. The zero-order chi connectivity index (χ0) is 13.0. The lowest BCUT2D eigenvalue weighted by molar-refractivity contribution is 0.244. The maximum atomic E-state index is 10.9. The molecule has 1 aromatic rings. The molecule has 0 radical (unpaired) electrons. The van der Waals surface area contributed by atoms with Crippen LogP contribution in [0.15, 0.2) is 30.3 Å². The molecule has 0 spiro atoms. The van der Waals surface area contributed by atoms with Crippen LogP contribution in [0.4, 0.5) is 0 Å². The Hall–Kier alpha value is -0.910. The van der Waals surface area contributed by atoms with Gasteiger partial charge >= 0.3 is 0 Å². The van der Waals surface area contributed by atoms with Crippen LogP contribution in [0.2, 0.25) is 0 Å². The molecule has 1 saturated heterocycles. The van der Waals surface area contributed by atoms with Gasteiger partial charge in [0.15, 0.2) is 0 Å². The molecule has 1 aromatic carbocycles. The highest BCUT2D eigenvalue weighted by atomic mass is 32.2. The molecule has 0 amide bonds. The molecule has 0 N–H and O–H groups in total. The smallest absolute Gasteiger partial charge is 0.264 e. The third kappa shape index (κ3) is 4.40. The van der Waals surface area contributed by atoms with Gasteiger partial charge in [0, 0.05) is 13.1 Å². The molecule has 1 fully saturated rings. The lowest BCUT2D eigenvalue weighted by atomic mass is 10.1. The van der Waals surface area contributed by atoms with E-state index in [1.165, 1.54) is 5.56 Å². The second-order valence-electron chi connectivity index (χ2n) is 4.86. The van der Waals surface area contributed by atoms with E-state index in [1.54, 1.807) is 0 Å². The second kappa shape index (κ2) is 5.82. The molecule has 18 heavy (non-hydrogen) atoms. The zero-order valence-corrected chi connectivity index (χ0v) is 11.4. The molecule has 4 nitrogen and oxygen atoms in total. The van der Waals surface area contributed by atoms with E-state index in [0.29, 0.717) is 12.5 Å². The number of likely N-dealkylation sites (tertiary alicyclic amines) is 1. The molecule has 1 aliphatic rings. The van der Waals surface area contributed by atoms with Crippen molar-refractivity contribution in [3.63, 3.8) is 0 Å². The van der Waals surface area contributed by atoms with Crippen molar-refractivity contribution in [3.05, 3.63) is 35.9 Å². The Kier molecular flexibility index (Phi) is 4.37. The summed E-state index contributed by atoms with van der Waals surface area (Å²) < 4.78 is 26.7. The van der Waals surface area contributed by atoms with Gasteiger partial charge in [-0.25, -0.2) is 0 Å². The van der Waals surface area contributed by atoms with Gasteiger partial charge in [0.05, 0.1) is 12.9 Å². The number of hydrogen-bond acceptors (Lipinski definition) is 4. The van der Waals surface area contributed by atoms with Crippen molar-refractivity contribution in [2.45, 2.75) is 13.0 Å². The van der Waals surface area contributed by atoms with Crippen molar-refractivity contribution in [2.75, 3.05) is 26.0 Å². The molecule has 0 aliphatic carbocycles. The Morgan fingerprint density at radius 1 is 1.33 bits per heavy atom. The number of rotatable bonds is 5. The van der Waals surface area contributed by atoms with Gasteiger partial charge in [-0.2, -0.15) is 8.42 Å². The Balaban J connectivity index is 1.78. The van der Waals surface area contributed by atoms with Gasteiger partial charge in [-0.15, -0.1) is 0 Å². The Bertz CT molecular complexity index is 472. The molecule has 1 atom stereocenters. The largest absolute Gasteiger partial charge is 0.299 e. The average Bonchev–Trinajstić information content (AvgIpc) is 2.75. The van der Waals surface area contributed by atoms with Crippen molar-refractivity contribution in [2.24, 2.45) is 5.92 Å². The van der Waals surface area contributed by atoms with Crippen molar-refractivity contribution >= 4 is 10.1 Å². The van der Waals surface area contributed by atoms with Crippen molar-refractivity contribution in [1.29, 1.82) is 0 Å². The molecular formula is C13H19NO3S. The van der Waals surface area contributed by atoms with Gasteiger partial charge in [0.2, 0.25) is 0 Å². The highest BCUT2D eigenvalue weighted by Crippen LogP contribution is 2.19. The lowest BCUT2D eigenvalue weighted by Gasteiger charge is -2.15. The predicted octanol–water partition coefficient (Wildman–Crippen LogP) is 1.48. The summed E-state index contributed by atoms with van der Waals surface area (Å²) in [5.74, 6) is 0.323. The lowest BCUT2D eigenvalue weighted by Crippen LogP contribution is -2.22. The van der Waals surface area contributed by atoms with Gasteiger partial charge in [-0.1, -0.05) is 30.3 Å². The SMILES string of the molecule is CS(=O)(=O)OC[C@H]1CCN(Cc2ccccc2)C1. The quantitative estimate of drug-likeness (QED) is 0.760. The minimum Gasteiger partial charge on any atom is -0.299 e. The average molecular weight is 269 g/mol. The fourth-order valence-electron chi connectivity index (χ4n) is 2.25. The fraction of sp³-hybridized carbons (Fsp3) is 0.538. The van der Waals surface area contributed by atoms with Crippen LogP contribution < -0.4 is 0 Å². The van der Waals surface area contributed by atoms with Crippen LogP contribution in [-0.4, -0.2) is 39.3 Å². The molecule has 0 bridgehead atoms. The maximum Gasteiger partial charge on any atom is 0.264 e. The van der Waals surface area contributed by atoms with E-state index >= 15 is 0 Å². The van der Waals surface area contributed by atoms with Crippen molar-refractivity contribution in [1.82, 2.24) is 4.90 Å². The molecule has 1 heterocycles. The van der Waals surface area contributed by atoms with E-state index in [9.17, 15) is 8.42 Å². The molecule has 0 unspecified atom stereocenters. The predicted molar refractivity (Wildman–Crippen MR) is 70.6 cm³/mol. The standard InChI is InChI=1S/C13H19NO3S/c1-18(15,16)17-11-13-7-8-14(10-13)9-12-5-3-2-4-6-12/h2-6,13H,7-11H2,1H3/t13-/m0/s1. The number of hydrogen-bond donors (Lipinski definition) is 0. The van der Waals surface area contributed by atoms with Gasteiger partial charge in [-0.05, 0) is 24.4 Å². The van der Waals surface area contributed by atoms with Crippen LogP contribution in [0.1, 0.15) is 12.0 Å². The first-order chi connectivity index (χ1) is 8.53. The molecular weight excluding hydrogens is 250 g/mol. The Morgan fingerprint density at radius 3 is 2.72 bits per heavy atom. The minimum atomic E-state index is -3.31. The van der Waals surface area contributed by atoms with Crippen LogP contribution in [0, 0.1) is 5.92 Å². The van der Waals surface area contributed by atoms with Gasteiger partial charge < -0.3 is 0 Å². The highest BCUT2D eigenvalue weighted by molar-refractivity contribution is 7.85. The van der Waals surface area contributed by atoms with E-state index in [1.807, 2.05) is 18.2 Å². The fourth-order valence-corrected chi connectivity index (χ4v) is 2.69. The van der Waals surface area contributed by atoms with Crippen LogP contribution >= 0.6 is 0 Å². The van der Waals surface area contributed by atoms with E-state index < -0.39 is 10.1 Å². The number of benzene rings is 1. The van der Waals surface area contributed by atoms with Crippen molar-refractivity contribution < 1.29 is 12.6 Å². The monoisotopic (exact) mass is 269 g/mol. The summed E-state index contributed by atoms with van der Waals surface area (Å²) in [4.78, 5) is 2.34. The topological polar surface area (TPSA) is 46.6 Å². The summed E-state index contributed by atoms with van der Waals surface area (Å²) in [5, 5.41) is 0. The maximum absolute atomic E-state index is 10.9. The summed E-state index contributed by atoms with van der Waals surface area (Å²) >= 11 is 0.